The van der Waals surface area contributed by atoms with Gasteiger partial charge in [0.15, 0.2) is 0 Å². The molecular weight excluding hydrogens is 261 g/mol. The first kappa shape index (κ1) is 13.1. The molecule has 0 spiro atoms. The topological polar surface area (TPSA) is 66.4 Å². The second-order valence-corrected chi connectivity index (χ2v) is 5.86. The van der Waals surface area contributed by atoms with Gasteiger partial charge in [0.25, 0.3) is 0 Å². The molecule has 2 aliphatic carbocycles. The fourth-order valence-corrected chi connectivity index (χ4v) is 2.62. The quantitative estimate of drug-likeness (QED) is 0.807. The number of carboxylic acids is 1. The van der Waals surface area contributed by atoms with Crippen LogP contribution in [0.15, 0.2) is 24.3 Å². The van der Waals surface area contributed by atoms with E-state index in [1.807, 2.05) is 6.07 Å². The normalized spacial score (nSPS) is 21.1. The van der Waals surface area contributed by atoms with E-state index in [9.17, 15) is 14.0 Å². The van der Waals surface area contributed by atoms with Crippen molar-refractivity contribution in [1.82, 2.24) is 5.32 Å². The van der Waals surface area contributed by atoms with Crippen molar-refractivity contribution in [2.75, 3.05) is 6.54 Å². The highest BCUT2D eigenvalue weighted by Gasteiger charge is 2.57. The highest BCUT2D eigenvalue weighted by molar-refractivity contribution is 6.04. The predicted molar refractivity (Wildman–Crippen MR) is 69.6 cm³/mol. The van der Waals surface area contributed by atoms with E-state index in [4.69, 9.17) is 5.11 Å². The molecule has 0 bridgehead atoms. The van der Waals surface area contributed by atoms with E-state index in [0.29, 0.717) is 19.4 Å². The van der Waals surface area contributed by atoms with Crippen LogP contribution in [0.2, 0.25) is 0 Å². The summed E-state index contributed by atoms with van der Waals surface area (Å²) in [6.07, 6.45) is 2.58. The standard InChI is InChI=1S/C15H16FNO3/c16-11-3-1-2-10(8-11)14(4-5-14)9-17-12(18)15(6-7-15)13(19)20/h1-3,8H,4-7,9H2,(H,17,18)(H,19,20). The second-order valence-electron chi connectivity index (χ2n) is 5.86. The highest BCUT2D eigenvalue weighted by atomic mass is 19.1. The van der Waals surface area contributed by atoms with E-state index in [-0.39, 0.29) is 11.2 Å². The Bertz CT molecular complexity index is 576. The summed E-state index contributed by atoms with van der Waals surface area (Å²) in [6, 6.07) is 6.39. The number of carbonyl (C=O) groups is 2. The molecule has 0 aliphatic heterocycles. The molecule has 0 saturated heterocycles. The van der Waals surface area contributed by atoms with Gasteiger partial charge in [-0.15, -0.1) is 0 Å². The number of rotatable bonds is 5. The van der Waals surface area contributed by atoms with Crippen LogP contribution < -0.4 is 5.32 Å². The zero-order valence-electron chi connectivity index (χ0n) is 11.0. The second kappa shape index (κ2) is 4.30. The lowest BCUT2D eigenvalue weighted by Crippen LogP contribution is -2.40. The summed E-state index contributed by atoms with van der Waals surface area (Å²) in [6.45, 7) is 0.379. The molecule has 106 valence electrons. The average molecular weight is 277 g/mol. The maximum Gasteiger partial charge on any atom is 0.319 e. The van der Waals surface area contributed by atoms with Crippen LogP contribution in [-0.4, -0.2) is 23.5 Å². The third kappa shape index (κ3) is 2.07. The Morgan fingerprint density at radius 1 is 1.25 bits per heavy atom. The smallest absolute Gasteiger partial charge is 0.319 e. The van der Waals surface area contributed by atoms with Crippen molar-refractivity contribution in [2.45, 2.75) is 31.1 Å². The van der Waals surface area contributed by atoms with Gasteiger partial charge in [-0.25, -0.2) is 4.39 Å². The number of halogens is 1. The number of hydrogen-bond acceptors (Lipinski definition) is 2. The Kier molecular flexibility index (Phi) is 2.81. The van der Waals surface area contributed by atoms with E-state index in [1.165, 1.54) is 12.1 Å². The highest BCUT2D eigenvalue weighted by Crippen LogP contribution is 2.49. The van der Waals surface area contributed by atoms with Crippen molar-refractivity contribution in [1.29, 1.82) is 0 Å². The molecule has 1 aromatic carbocycles. The van der Waals surface area contributed by atoms with Gasteiger partial charge in [0, 0.05) is 12.0 Å². The van der Waals surface area contributed by atoms with Crippen LogP contribution >= 0.6 is 0 Å². The Balaban J connectivity index is 1.67. The fraction of sp³-hybridized carbons (Fsp3) is 0.467. The summed E-state index contributed by atoms with van der Waals surface area (Å²) >= 11 is 0. The summed E-state index contributed by atoms with van der Waals surface area (Å²) in [7, 11) is 0. The monoisotopic (exact) mass is 277 g/mol. The van der Waals surface area contributed by atoms with Crippen LogP contribution in [0.4, 0.5) is 4.39 Å². The Hall–Kier alpha value is -1.91. The molecule has 4 nitrogen and oxygen atoms in total. The molecule has 3 rings (SSSR count). The first-order valence-corrected chi connectivity index (χ1v) is 6.76. The first-order valence-electron chi connectivity index (χ1n) is 6.76. The molecule has 0 radical (unpaired) electrons. The van der Waals surface area contributed by atoms with E-state index in [2.05, 4.69) is 5.32 Å². The Morgan fingerprint density at radius 2 is 1.95 bits per heavy atom. The summed E-state index contributed by atoms with van der Waals surface area (Å²) in [4.78, 5) is 23.0. The van der Waals surface area contributed by atoms with Crippen LogP contribution in [0.5, 0.6) is 0 Å². The van der Waals surface area contributed by atoms with Crippen molar-refractivity contribution < 1.29 is 19.1 Å². The zero-order chi connectivity index (χ0) is 14.4. The average Bonchev–Trinajstić information content (AvgIpc) is 3.29. The minimum Gasteiger partial charge on any atom is -0.480 e. The molecule has 0 heterocycles. The molecule has 0 aromatic heterocycles. The van der Waals surface area contributed by atoms with Crippen LogP contribution in [0.1, 0.15) is 31.2 Å². The Labute approximate surface area is 116 Å². The third-order valence-corrected chi connectivity index (χ3v) is 4.47. The number of nitrogens with one attached hydrogen (secondary N) is 1. The predicted octanol–water partition coefficient (Wildman–Crippen LogP) is 1.84. The molecule has 5 heteroatoms. The van der Waals surface area contributed by atoms with Gasteiger partial charge in [-0.2, -0.15) is 0 Å². The van der Waals surface area contributed by atoms with Crippen molar-refractivity contribution in [2.24, 2.45) is 5.41 Å². The van der Waals surface area contributed by atoms with Crippen LogP contribution in [-0.2, 0) is 15.0 Å². The molecule has 2 fully saturated rings. The van der Waals surface area contributed by atoms with Crippen molar-refractivity contribution in [3.8, 4) is 0 Å². The van der Waals surface area contributed by atoms with Gasteiger partial charge in [-0.05, 0) is 43.4 Å². The number of hydrogen-bond donors (Lipinski definition) is 2. The largest absolute Gasteiger partial charge is 0.480 e. The zero-order valence-corrected chi connectivity index (χ0v) is 11.0. The molecule has 1 aromatic rings. The van der Waals surface area contributed by atoms with Gasteiger partial charge in [-0.1, -0.05) is 12.1 Å². The van der Waals surface area contributed by atoms with Crippen LogP contribution in [0.3, 0.4) is 0 Å². The Morgan fingerprint density at radius 3 is 2.45 bits per heavy atom. The summed E-state index contributed by atoms with van der Waals surface area (Å²) < 4.78 is 13.3. The van der Waals surface area contributed by atoms with E-state index < -0.39 is 17.3 Å². The van der Waals surface area contributed by atoms with Gasteiger partial charge in [0.1, 0.15) is 11.2 Å². The van der Waals surface area contributed by atoms with Gasteiger partial charge >= 0.3 is 5.97 Å². The van der Waals surface area contributed by atoms with Crippen LogP contribution in [0.25, 0.3) is 0 Å². The van der Waals surface area contributed by atoms with Gasteiger partial charge in [0.2, 0.25) is 5.91 Å². The van der Waals surface area contributed by atoms with Gasteiger partial charge < -0.3 is 10.4 Å². The maximum absolute atomic E-state index is 13.3. The molecule has 0 atom stereocenters. The lowest BCUT2D eigenvalue weighted by molar-refractivity contribution is -0.149. The summed E-state index contributed by atoms with van der Waals surface area (Å²) in [5.41, 5.74) is -0.553. The number of amides is 1. The van der Waals surface area contributed by atoms with Crippen molar-refractivity contribution in [3.05, 3.63) is 35.6 Å². The van der Waals surface area contributed by atoms with Crippen molar-refractivity contribution >= 4 is 11.9 Å². The number of carbonyl (C=O) groups excluding carboxylic acids is 1. The molecule has 2 N–H and O–H groups in total. The SMILES string of the molecule is O=C(O)C1(C(=O)NCC2(c3cccc(F)c3)CC2)CC1. The number of carboxylic acid groups (broad SMARTS) is 1. The summed E-state index contributed by atoms with van der Waals surface area (Å²) in [5.74, 6) is -1.75. The van der Waals surface area contributed by atoms with Crippen molar-refractivity contribution in [3.63, 3.8) is 0 Å². The van der Waals surface area contributed by atoms with E-state index >= 15 is 0 Å². The van der Waals surface area contributed by atoms with E-state index in [0.717, 1.165) is 18.4 Å². The lowest BCUT2D eigenvalue weighted by Gasteiger charge is -2.18. The third-order valence-electron chi connectivity index (χ3n) is 4.47. The van der Waals surface area contributed by atoms with Gasteiger partial charge in [0.05, 0.1) is 0 Å². The maximum atomic E-state index is 13.3. The van der Waals surface area contributed by atoms with E-state index in [1.54, 1.807) is 6.07 Å². The summed E-state index contributed by atoms with van der Waals surface area (Å²) in [5, 5.41) is 11.8. The molecule has 2 aliphatic rings. The van der Waals surface area contributed by atoms with Gasteiger partial charge in [-0.3, -0.25) is 9.59 Å². The molecule has 1 amide bonds. The minimum absolute atomic E-state index is 0.216. The minimum atomic E-state index is -1.21. The molecule has 2 saturated carbocycles. The first-order chi connectivity index (χ1) is 9.48. The fourth-order valence-electron chi connectivity index (χ4n) is 2.62. The lowest BCUT2D eigenvalue weighted by atomic mass is 9.95. The number of benzene rings is 1. The molecule has 0 unspecified atom stereocenters. The molecular formula is C15H16FNO3. The van der Waals surface area contributed by atoms with Crippen LogP contribution in [0, 0.1) is 11.2 Å². The molecule has 20 heavy (non-hydrogen) atoms. The number of aliphatic carboxylic acids is 1.